The summed E-state index contributed by atoms with van der Waals surface area (Å²) in [6.45, 7) is 4.04. The molecule has 2 aliphatic rings. The van der Waals surface area contributed by atoms with Crippen LogP contribution in [0.1, 0.15) is 23.3 Å². The molecule has 7 heteroatoms. The molecule has 5 rings (SSSR count). The molecule has 2 heterocycles. The van der Waals surface area contributed by atoms with E-state index in [-0.39, 0.29) is 11.3 Å². The summed E-state index contributed by atoms with van der Waals surface area (Å²) in [5, 5.41) is 3.49. The van der Waals surface area contributed by atoms with Crippen molar-refractivity contribution in [1.29, 1.82) is 0 Å². The molecule has 0 atom stereocenters. The van der Waals surface area contributed by atoms with E-state index in [0.717, 1.165) is 49.5 Å². The average molecular weight is 460 g/mol. The minimum absolute atomic E-state index is 0.00464. The Balaban J connectivity index is 1.41. The SMILES string of the molecule is COc1ccccc1C=C1CCc2c1oc1cc(NC(=O)CN3CCN(C)CC3)ccc1c2=O. The second-order valence-electron chi connectivity index (χ2n) is 8.99. The van der Waals surface area contributed by atoms with Crippen LogP contribution in [0.5, 0.6) is 5.75 Å². The number of carbonyl (C=O) groups excluding carboxylic acids is 1. The van der Waals surface area contributed by atoms with Gasteiger partial charge in [0.1, 0.15) is 17.1 Å². The number of hydrogen-bond donors (Lipinski definition) is 1. The van der Waals surface area contributed by atoms with Crippen molar-refractivity contribution in [2.24, 2.45) is 0 Å². The lowest BCUT2D eigenvalue weighted by Crippen LogP contribution is -2.47. The number of likely N-dealkylation sites (N-methyl/N-ethyl adjacent to an activating group) is 1. The summed E-state index contributed by atoms with van der Waals surface area (Å²) in [6, 6.07) is 13.0. The van der Waals surface area contributed by atoms with Crippen molar-refractivity contribution in [2.75, 3.05) is 52.2 Å². The zero-order valence-electron chi connectivity index (χ0n) is 19.6. The summed E-state index contributed by atoms with van der Waals surface area (Å²) < 4.78 is 11.7. The third kappa shape index (κ3) is 4.49. The Morgan fingerprint density at radius 3 is 2.71 bits per heavy atom. The summed E-state index contributed by atoms with van der Waals surface area (Å²) in [7, 11) is 3.74. The molecule has 1 saturated heterocycles. The lowest BCUT2D eigenvalue weighted by atomic mass is 10.1. The molecule has 7 nitrogen and oxygen atoms in total. The molecule has 176 valence electrons. The Bertz CT molecular complexity index is 1320. The van der Waals surface area contributed by atoms with Crippen LogP contribution >= 0.6 is 0 Å². The van der Waals surface area contributed by atoms with Gasteiger partial charge in [0, 0.05) is 49.1 Å². The van der Waals surface area contributed by atoms with E-state index >= 15 is 0 Å². The number of rotatable bonds is 5. The van der Waals surface area contributed by atoms with E-state index in [4.69, 9.17) is 9.15 Å². The molecule has 0 saturated carbocycles. The highest BCUT2D eigenvalue weighted by Gasteiger charge is 2.24. The molecule has 1 fully saturated rings. The highest BCUT2D eigenvalue weighted by Crippen LogP contribution is 2.36. The fraction of sp³-hybridized carbons (Fsp3) is 0.333. The van der Waals surface area contributed by atoms with Gasteiger partial charge in [-0.3, -0.25) is 14.5 Å². The van der Waals surface area contributed by atoms with Gasteiger partial charge in [0.25, 0.3) is 0 Å². The van der Waals surface area contributed by atoms with Gasteiger partial charge in [-0.25, -0.2) is 0 Å². The molecule has 0 spiro atoms. The number of ether oxygens (including phenoxy) is 1. The quantitative estimate of drug-likeness (QED) is 0.630. The number of nitrogens with one attached hydrogen (secondary N) is 1. The number of carbonyl (C=O) groups is 1. The molecule has 0 unspecified atom stereocenters. The molecule has 34 heavy (non-hydrogen) atoms. The number of nitrogens with zero attached hydrogens (tertiary/aromatic N) is 2. The van der Waals surface area contributed by atoms with Crippen LogP contribution in [0.4, 0.5) is 5.69 Å². The van der Waals surface area contributed by atoms with Gasteiger partial charge in [-0.1, -0.05) is 18.2 Å². The molecule has 3 aromatic rings. The van der Waals surface area contributed by atoms with Crippen LogP contribution in [-0.2, 0) is 11.2 Å². The largest absolute Gasteiger partial charge is 0.496 e. The lowest BCUT2D eigenvalue weighted by Gasteiger charge is -2.31. The molecular weight excluding hydrogens is 430 g/mol. The predicted molar refractivity (Wildman–Crippen MR) is 134 cm³/mol. The van der Waals surface area contributed by atoms with Gasteiger partial charge in [-0.2, -0.15) is 0 Å². The number of anilines is 1. The van der Waals surface area contributed by atoms with Crippen LogP contribution in [0.25, 0.3) is 22.6 Å². The first-order chi connectivity index (χ1) is 16.5. The van der Waals surface area contributed by atoms with E-state index in [0.29, 0.717) is 40.9 Å². The van der Waals surface area contributed by atoms with Crippen LogP contribution in [-0.4, -0.2) is 62.6 Å². The number of amides is 1. The summed E-state index contributed by atoms with van der Waals surface area (Å²) in [4.78, 5) is 30.2. The maximum absolute atomic E-state index is 13.2. The highest BCUT2D eigenvalue weighted by molar-refractivity contribution is 5.95. The molecular formula is C27H29N3O4. The second-order valence-corrected chi connectivity index (χ2v) is 8.99. The average Bonchev–Trinajstić information content (AvgIpc) is 3.23. The molecule has 1 aliphatic carbocycles. The third-order valence-electron chi connectivity index (χ3n) is 6.64. The Labute approximate surface area is 198 Å². The normalized spacial score (nSPS) is 17.8. The van der Waals surface area contributed by atoms with E-state index in [1.165, 1.54) is 0 Å². The minimum atomic E-state index is -0.0656. The molecule has 1 aliphatic heterocycles. The first-order valence-corrected chi connectivity index (χ1v) is 11.7. The summed E-state index contributed by atoms with van der Waals surface area (Å²) in [5.41, 5.74) is 3.73. The Morgan fingerprint density at radius 2 is 1.91 bits per heavy atom. The second kappa shape index (κ2) is 9.44. The van der Waals surface area contributed by atoms with Gasteiger partial charge in [-0.15, -0.1) is 0 Å². The summed E-state index contributed by atoms with van der Waals surface area (Å²) in [6.07, 6.45) is 3.41. The first-order valence-electron chi connectivity index (χ1n) is 11.7. The fourth-order valence-electron chi connectivity index (χ4n) is 4.69. The van der Waals surface area contributed by atoms with Gasteiger partial charge in [0.05, 0.1) is 19.0 Å². The van der Waals surface area contributed by atoms with Crippen molar-refractivity contribution in [1.82, 2.24) is 9.80 Å². The number of hydrogen-bond acceptors (Lipinski definition) is 6. The van der Waals surface area contributed by atoms with Gasteiger partial charge in [-0.05, 0) is 49.7 Å². The van der Waals surface area contributed by atoms with Crippen molar-refractivity contribution in [3.05, 3.63) is 69.6 Å². The van der Waals surface area contributed by atoms with Crippen molar-refractivity contribution in [3.63, 3.8) is 0 Å². The minimum Gasteiger partial charge on any atom is -0.496 e. The van der Waals surface area contributed by atoms with Crippen molar-refractivity contribution < 1.29 is 13.9 Å². The highest BCUT2D eigenvalue weighted by atomic mass is 16.5. The zero-order valence-corrected chi connectivity index (χ0v) is 19.6. The van der Waals surface area contributed by atoms with Gasteiger partial charge in [0.15, 0.2) is 5.43 Å². The van der Waals surface area contributed by atoms with Gasteiger partial charge in [0.2, 0.25) is 5.91 Å². The van der Waals surface area contributed by atoms with E-state index in [9.17, 15) is 9.59 Å². The molecule has 1 amide bonds. The molecule has 0 radical (unpaired) electrons. The van der Waals surface area contributed by atoms with Crippen molar-refractivity contribution >= 4 is 34.2 Å². The van der Waals surface area contributed by atoms with E-state index in [1.807, 2.05) is 30.3 Å². The van der Waals surface area contributed by atoms with Crippen LogP contribution in [0, 0.1) is 0 Å². The maximum atomic E-state index is 13.2. The van der Waals surface area contributed by atoms with Crippen LogP contribution < -0.4 is 15.5 Å². The lowest BCUT2D eigenvalue weighted by molar-refractivity contribution is -0.117. The third-order valence-corrected chi connectivity index (χ3v) is 6.64. The Morgan fingerprint density at radius 1 is 1.12 bits per heavy atom. The Kier molecular flexibility index (Phi) is 6.22. The maximum Gasteiger partial charge on any atom is 0.238 e. The standard InChI is InChI=1S/C27H29N3O4/c1-29-11-13-30(14-12-29)17-25(31)28-20-8-10-21-24(16-20)34-27-19(7-9-22(27)26(21)32)15-18-5-3-4-6-23(18)33-2/h3-6,8,10,15-16H,7,9,11-14,17H2,1-2H3,(H,28,31). The number of fused-ring (bicyclic) bond motifs is 2. The molecule has 0 bridgehead atoms. The number of piperazine rings is 1. The Hall–Kier alpha value is -3.42. The summed E-state index contributed by atoms with van der Waals surface area (Å²) in [5.74, 6) is 1.34. The molecule has 2 aromatic carbocycles. The molecule has 1 N–H and O–H groups in total. The van der Waals surface area contributed by atoms with Crippen LogP contribution in [0.2, 0.25) is 0 Å². The monoisotopic (exact) mass is 459 g/mol. The van der Waals surface area contributed by atoms with E-state index in [2.05, 4.69) is 22.2 Å². The smallest absolute Gasteiger partial charge is 0.238 e. The van der Waals surface area contributed by atoms with Crippen molar-refractivity contribution in [3.8, 4) is 5.75 Å². The van der Waals surface area contributed by atoms with E-state index < -0.39 is 0 Å². The fourth-order valence-corrected chi connectivity index (χ4v) is 4.69. The number of allylic oxidation sites excluding steroid dienone is 1. The van der Waals surface area contributed by atoms with Crippen LogP contribution in [0.3, 0.4) is 0 Å². The number of benzene rings is 2. The topological polar surface area (TPSA) is 75.0 Å². The predicted octanol–water partition coefficient (Wildman–Crippen LogP) is 3.47. The van der Waals surface area contributed by atoms with Crippen LogP contribution in [0.15, 0.2) is 51.7 Å². The molecule has 1 aromatic heterocycles. The zero-order chi connectivity index (χ0) is 23.7. The first kappa shape index (κ1) is 22.4. The van der Waals surface area contributed by atoms with E-state index in [1.54, 1.807) is 25.3 Å². The summed E-state index contributed by atoms with van der Waals surface area (Å²) >= 11 is 0. The van der Waals surface area contributed by atoms with Gasteiger partial charge >= 0.3 is 0 Å². The van der Waals surface area contributed by atoms with Gasteiger partial charge < -0.3 is 19.4 Å². The number of para-hydroxylation sites is 1. The number of methoxy groups -OCH3 is 1. The van der Waals surface area contributed by atoms with Crippen molar-refractivity contribution in [2.45, 2.75) is 12.8 Å².